The zero-order valence-electron chi connectivity index (χ0n) is 16.5. The summed E-state index contributed by atoms with van der Waals surface area (Å²) in [7, 11) is 0. The average Bonchev–Trinajstić information content (AvgIpc) is 2.64. The van der Waals surface area contributed by atoms with Gasteiger partial charge in [-0.05, 0) is 80.5 Å². The van der Waals surface area contributed by atoms with Crippen molar-refractivity contribution in [2.24, 2.45) is 0 Å². The van der Waals surface area contributed by atoms with E-state index < -0.39 is 0 Å². The summed E-state index contributed by atoms with van der Waals surface area (Å²) in [5.74, 6) is 0. The quantitative estimate of drug-likeness (QED) is 0.764. The smallest absolute Gasteiger partial charge is 0.0978 e. The highest BCUT2D eigenvalue weighted by Gasteiger charge is 2.30. The Hall–Kier alpha value is -1.64. The van der Waals surface area contributed by atoms with E-state index in [-0.39, 0.29) is 6.10 Å². The molecule has 1 aliphatic rings. The van der Waals surface area contributed by atoms with Crippen LogP contribution in [0.1, 0.15) is 52.0 Å². The van der Waals surface area contributed by atoms with Crippen LogP contribution in [-0.4, -0.2) is 24.1 Å². The third kappa shape index (κ3) is 3.38. The second kappa shape index (κ2) is 7.31. The van der Waals surface area contributed by atoms with Crippen LogP contribution < -0.4 is 0 Å². The highest BCUT2D eigenvalue weighted by Crippen LogP contribution is 2.32. The fraction of sp³-hybridized carbons (Fsp3) is 0.478. The van der Waals surface area contributed by atoms with Crippen LogP contribution in [0.4, 0.5) is 0 Å². The van der Waals surface area contributed by atoms with Gasteiger partial charge in [0, 0.05) is 19.1 Å². The molecule has 0 aliphatic carbocycles. The molecule has 1 aliphatic heterocycles. The number of ether oxygens (including phenoxy) is 1. The van der Waals surface area contributed by atoms with E-state index >= 15 is 0 Å². The van der Waals surface area contributed by atoms with Gasteiger partial charge in [0.1, 0.15) is 0 Å². The van der Waals surface area contributed by atoms with Gasteiger partial charge >= 0.3 is 0 Å². The van der Waals surface area contributed by atoms with Crippen molar-refractivity contribution in [1.29, 1.82) is 0 Å². The molecular formula is C23H31NO. The molecule has 0 bridgehead atoms. The Labute approximate surface area is 152 Å². The van der Waals surface area contributed by atoms with Gasteiger partial charge in [0.15, 0.2) is 0 Å². The zero-order chi connectivity index (χ0) is 18.1. The maximum Gasteiger partial charge on any atom is 0.0978 e. The van der Waals surface area contributed by atoms with Crippen molar-refractivity contribution in [2.45, 2.75) is 60.2 Å². The molecule has 1 heterocycles. The Morgan fingerprint density at radius 3 is 2.04 bits per heavy atom. The minimum atomic E-state index is 0.156. The maximum absolute atomic E-state index is 6.13. The maximum atomic E-state index is 6.13. The molecule has 2 nitrogen and oxygen atoms in total. The SMILES string of the molecule is Cc1c(C)c(C)c(CN2CCO[C@H](c3ccccc3)[C@@H]2C)c(C)c1C. The van der Waals surface area contributed by atoms with E-state index in [0.29, 0.717) is 6.04 Å². The summed E-state index contributed by atoms with van der Waals surface area (Å²) in [4.78, 5) is 2.59. The molecule has 0 amide bonds. The highest BCUT2D eigenvalue weighted by atomic mass is 16.5. The lowest BCUT2D eigenvalue weighted by Crippen LogP contribution is -2.45. The Bertz CT molecular complexity index is 721. The predicted molar refractivity (Wildman–Crippen MR) is 105 cm³/mol. The third-order valence-corrected chi connectivity index (χ3v) is 6.33. The Morgan fingerprint density at radius 1 is 0.880 bits per heavy atom. The molecule has 25 heavy (non-hydrogen) atoms. The summed E-state index contributed by atoms with van der Waals surface area (Å²) in [6.45, 7) is 16.4. The third-order valence-electron chi connectivity index (χ3n) is 6.33. The first-order chi connectivity index (χ1) is 11.9. The Balaban J connectivity index is 1.88. The standard InChI is InChI=1S/C23H31NO/c1-15-16(2)18(4)22(19(5)17(15)3)14-24-12-13-25-23(20(24)6)21-10-8-7-9-11-21/h7-11,20,23H,12-14H2,1-6H3/t20-,23-/m0/s1. The summed E-state index contributed by atoms with van der Waals surface area (Å²) in [5.41, 5.74) is 10.0. The molecule has 0 N–H and O–H groups in total. The van der Waals surface area contributed by atoms with Crippen LogP contribution in [-0.2, 0) is 11.3 Å². The molecular weight excluding hydrogens is 306 g/mol. The van der Waals surface area contributed by atoms with Gasteiger partial charge in [-0.15, -0.1) is 0 Å². The molecule has 0 saturated carbocycles. The van der Waals surface area contributed by atoms with Gasteiger partial charge in [0.2, 0.25) is 0 Å². The molecule has 0 spiro atoms. The first-order valence-corrected chi connectivity index (χ1v) is 9.38. The lowest BCUT2D eigenvalue weighted by molar-refractivity contribution is -0.0703. The van der Waals surface area contributed by atoms with Crippen molar-refractivity contribution >= 4 is 0 Å². The second-order valence-corrected chi connectivity index (χ2v) is 7.52. The molecule has 2 aromatic rings. The Morgan fingerprint density at radius 2 is 1.44 bits per heavy atom. The molecule has 134 valence electrons. The van der Waals surface area contributed by atoms with Crippen molar-refractivity contribution in [2.75, 3.05) is 13.2 Å². The molecule has 2 aromatic carbocycles. The second-order valence-electron chi connectivity index (χ2n) is 7.52. The summed E-state index contributed by atoms with van der Waals surface area (Å²) in [5, 5.41) is 0. The van der Waals surface area contributed by atoms with Gasteiger partial charge in [-0.2, -0.15) is 0 Å². The molecule has 3 rings (SSSR count). The molecule has 2 atom stereocenters. The zero-order valence-corrected chi connectivity index (χ0v) is 16.5. The molecule has 1 saturated heterocycles. The van der Waals surface area contributed by atoms with Gasteiger partial charge in [0.25, 0.3) is 0 Å². The monoisotopic (exact) mass is 337 g/mol. The van der Waals surface area contributed by atoms with Gasteiger partial charge < -0.3 is 4.74 Å². The van der Waals surface area contributed by atoms with Crippen molar-refractivity contribution in [3.8, 4) is 0 Å². The topological polar surface area (TPSA) is 12.5 Å². The number of rotatable bonds is 3. The Kier molecular flexibility index (Phi) is 5.31. The van der Waals surface area contributed by atoms with E-state index in [9.17, 15) is 0 Å². The number of hydrogen-bond acceptors (Lipinski definition) is 2. The minimum Gasteiger partial charge on any atom is -0.371 e. The molecule has 0 unspecified atom stereocenters. The van der Waals surface area contributed by atoms with Crippen LogP contribution in [0.5, 0.6) is 0 Å². The van der Waals surface area contributed by atoms with Gasteiger partial charge in [-0.25, -0.2) is 0 Å². The summed E-state index contributed by atoms with van der Waals surface area (Å²) >= 11 is 0. The molecule has 0 radical (unpaired) electrons. The van der Waals surface area contributed by atoms with E-state index in [2.05, 4.69) is 76.8 Å². The van der Waals surface area contributed by atoms with Crippen LogP contribution in [0.25, 0.3) is 0 Å². The lowest BCUT2D eigenvalue weighted by Gasteiger charge is -2.40. The van der Waals surface area contributed by atoms with E-state index in [0.717, 1.165) is 19.7 Å². The van der Waals surface area contributed by atoms with Gasteiger partial charge in [-0.1, -0.05) is 30.3 Å². The first kappa shape index (κ1) is 18.2. The summed E-state index contributed by atoms with van der Waals surface area (Å²) < 4.78 is 6.13. The van der Waals surface area contributed by atoms with Gasteiger partial charge in [0.05, 0.1) is 12.7 Å². The van der Waals surface area contributed by atoms with Gasteiger partial charge in [-0.3, -0.25) is 4.90 Å². The normalized spacial score (nSPS) is 21.5. The van der Waals surface area contributed by atoms with Crippen molar-refractivity contribution < 1.29 is 4.74 Å². The van der Waals surface area contributed by atoms with Crippen molar-refractivity contribution in [3.05, 3.63) is 69.3 Å². The summed E-state index contributed by atoms with van der Waals surface area (Å²) in [6.07, 6.45) is 0.156. The largest absolute Gasteiger partial charge is 0.371 e. The van der Waals surface area contributed by atoms with Crippen LogP contribution in [0, 0.1) is 34.6 Å². The molecule has 2 heteroatoms. The van der Waals surface area contributed by atoms with E-state index in [1.165, 1.54) is 38.9 Å². The first-order valence-electron chi connectivity index (χ1n) is 9.38. The van der Waals surface area contributed by atoms with Crippen LogP contribution >= 0.6 is 0 Å². The van der Waals surface area contributed by atoms with Crippen LogP contribution in [0.3, 0.4) is 0 Å². The highest BCUT2D eigenvalue weighted by molar-refractivity contribution is 5.49. The fourth-order valence-electron chi connectivity index (χ4n) is 4.09. The lowest BCUT2D eigenvalue weighted by atomic mass is 9.89. The van der Waals surface area contributed by atoms with Crippen LogP contribution in [0.2, 0.25) is 0 Å². The molecule has 1 fully saturated rings. The number of nitrogens with zero attached hydrogens (tertiary/aromatic N) is 1. The summed E-state index contributed by atoms with van der Waals surface area (Å²) in [6, 6.07) is 11.0. The van der Waals surface area contributed by atoms with Crippen LogP contribution in [0.15, 0.2) is 30.3 Å². The van der Waals surface area contributed by atoms with Crippen molar-refractivity contribution in [3.63, 3.8) is 0 Å². The number of benzene rings is 2. The van der Waals surface area contributed by atoms with E-state index in [1.807, 2.05) is 0 Å². The molecule has 0 aromatic heterocycles. The average molecular weight is 338 g/mol. The minimum absolute atomic E-state index is 0.156. The van der Waals surface area contributed by atoms with E-state index in [4.69, 9.17) is 4.74 Å². The predicted octanol–water partition coefficient (Wildman–Crippen LogP) is 5.19. The van der Waals surface area contributed by atoms with E-state index in [1.54, 1.807) is 0 Å². The van der Waals surface area contributed by atoms with Crippen molar-refractivity contribution in [1.82, 2.24) is 4.90 Å². The number of morpholine rings is 1. The fourth-order valence-corrected chi connectivity index (χ4v) is 4.09. The number of hydrogen-bond donors (Lipinski definition) is 0.